The highest BCUT2D eigenvalue weighted by Crippen LogP contribution is 2.19. The summed E-state index contributed by atoms with van der Waals surface area (Å²) >= 11 is 3.20. The molecule has 1 aromatic carbocycles. The van der Waals surface area contributed by atoms with Crippen LogP contribution < -0.4 is 5.32 Å². The maximum Gasteiger partial charge on any atom is 0.169 e. The van der Waals surface area contributed by atoms with Gasteiger partial charge in [-0.15, -0.1) is 0 Å². The molecule has 90 valence electrons. The van der Waals surface area contributed by atoms with E-state index in [1.54, 1.807) is 20.3 Å². The average molecular weight is 292 g/mol. The zero-order chi connectivity index (χ0) is 12.0. The van der Waals surface area contributed by atoms with Crippen LogP contribution in [-0.4, -0.2) is 27.1 Å². The first kappa shape index (κ1) is 13.6. The largest absolute Gasteiger partial charge is 0.355 e. The van der Waals surface area contributed by atoms with Crippen molar-refractivity contribution in [1.82, 2.24) is 5.32 Å². The zero-order valence-electron chi connectivity index (χ0n) is 9.30. The van der Waals surface area contributed by atoms with E-state index < -0.39 is 0 Å². The molecule has 1 N–H and O–H groups in total. The van der Waals surface area contributed by atoms with E-state index in [0.717, 1.165) is 5.56 Å². The van der Waals surface area contributed by atoms with Crippen LogP contribution >= 0.6 is 15.9 Å². The molecule has 0 amide bonds. The van der Waals surface area contributed by atoms with Gasteiger partial charge in [-0.25, -0.2) is 4.39 Å². The van der Waals surface area contributed by atoms with Gasteiger partial charge < -0.3 is 14.8 Å². The molecule has 0 fully saturated rings. The predicted octanol–water partition coefficient (Wildman–Crippen LogP) is 2.30. The Kier molecular flexibility index (Phi) is 5.90. The molecule has 0 saturated heterocycles. The molecule has 0 spiro atoms. The number of hydrogen-bond donors (Lipinski definition) is 1. The molecule has 0 aromatic heterocycles. The molecule has 0 bridgehead atoms. The number of nitrogens with one attached hydrogen (secondary N) is 1. The number of rotatable bonds is 6. The Balaban J connectivity index is 2.46. The minimum absolute atomic E-state index is 0.255. The highest BCUT2D eigenvalue weighted by molar-refractivity contribution is 9.10. The summed E-state index contributed by atoms with van der Waals surface area (Å²) < 4.78 is 23.7. The van der Waals surface area contributed by atoms with Crippen molar-refractivity contribution in [3.8, 4) is 0 Å². The molecule has 16 heavy (non-hydrogen) atoms. The third-order valence-corrected chi connectivity index (χ3v) is 3.07. The number of benzene rings is 1. The van der Waals surface area contributed by atoms with Crippen molar-refractivity contribution in [2.75, 3.05) is 20.8 Å². The first-order valence-corrected chi connectivity index (χ1v) is 5.67. The van der Waals surface area contributed by atoms with E-state index in [0.29, 0.717) is 17.6 Å². The van der Waals surface area contributed by atoms with Gasteiger partial charge >= 0.3 is 0 Å². The molecule has 1 aromatic rings. The van der Waals surface area contributed by atoms with E-state index in [4.69, 9.17) is 9.47 Å². The van der Waals surface area contributed by atoms with E-state index >= 15 is 0 Å². The average Bonchev–Trinajstić information content (AvgIpc) is 2.30. The molecule has 0 aliphatic heterocycles. The Morgan fingerprint density at radius 1 is 1.38 bits per heavy atom. The summed E-state index contributed by atoms with van der Waals surface area (Å²) in [6.45, 7) is 1.11. The first-order chi connectivity index (χ1) is 7.69. The molecule has 5 heteroatoms. The van der Waals surface area contributed by atoms with E-state index in [1.165, 1.54) is 6.07 Å². The minimum Gasteiger partial charge on any atom is -0.355 e. The van der Waals surface area contributed by atoms with Gasteiger partial charge in [0.1, 0.15) is 5.82 Å². The summed E-state index contributed by atoms with van der Waals surface area (Å²) in [5, 5.41) is 3.12. The Morgan fingerprint density at radius 2 is 2.06 bits per heavy atom. The minimum atomic E-state index is -0.285. The van der Waals surface area contributed by atoms with Gasteiger partial charge in [-0.05, 0) is 27.6 Å². The van der Waals surface area contributed by atoms with E-state index in [9.17, 15) is 4.39 Å². The zero-order valence-corrected chi connectivity index (χ0v) is 10.9. The maximum absolute atomic E-state index is 13.2. The summed E-state index contributed by atoms with van der Waals surface area (Å²) in [6, 6.07) is 4.96. The number of hydrogen-bond acceptors (Lipinski definition) is 3. The van der Waals surface area contributed by atoms with Crippen LogP contribution in [-0.2, 0) is 16.0 Å². The van der Waals surface area contributed by atoms with E-state index in [1.807, 2.05) is 6.07 Å². The van der Waals surface area contributed by atoms with E-state index in [-0.39, 0.29) is 12.1 Å². The maximum atomic E-state index is 13.2. The molecule has 0 heterocycles. The van der Waals surface area contributed by atoms with Gasteiger partial charge in [-0.3, -0.25) is 0 Å². The lowest BCUT2D eigenvalue weighted by molar-refractivity contribution is -0.0989. The molecule has 1 rings (SSSR count). The van der Waals surface area contributed by atoms with Crippen molar-refractivity contribution in [3.05, 3.63) is 34.1 Å². The van der Waals surface area contributed by atoms with Crippen LogP contribution in [0.25, 0.3) is 0 Å². The van der Waals surface area contributed by atoms with Gasteiger partial charge in [0.25, 0.3) is 0 Å². The Labute approximate surface area is 103 Å². The number of methoxy groups -OCH3 is 2. The molecule has 0 unspecified atom stereocenters. The Morgan fingerprint density at radius 3 is 2.69 bits per heavy atom. The number of halogens is 2. The Bertz CT molecular complexity index is 332. The standard InChI is InChI=1S/C11H15BrFNO2/c1-15-10(16-2)7-14-6-8-4-3-5-9(13)11(8)12/h3-5,10,14H,6-7H2,1-2H3. The van der Waals surface area contributed by atoms with Crippen molar-refractivity contribution < 1.29 is 13.9 Å². The molecular weight excluding hydrogens is 277 g/mol. The van der Waals surface area contributed by atoms with Crippen LogP contribution in [0.15, 0.2) is 22.7 Å². The highest BCUT2D eigenvalue weighted by Gasteiger charge is 2.07. The number of ether oxygens (including phenoxy) is 2. The monoisotopic (exact) mass is 291 g/mol. The van der Waals surface area contributed by atoms with Gasteiger partial charge in [-0.1, -0.05) is 12.1 Å². The summed E-state index contributed by atoms with van der Waals surface area (Å²) in [5.41, 5.74) is 0.867. The summed E-state index contributed by atoms with van der Waals surface area (Å²) in [6.07, 6.45) is -0.285. The second-order valence-electron chi connectivity index (χ2n) is 3.24. The lowest BCUT2D eigenvalue weighted by Gasteiger charge is -2.14. The molecular formula is C11H15BrFNO2. The second kappa shape index (κ2) is 6.96. The molecule has 0 radical (unpaired) electrons. The van der Waals surface area contributed by atoms with Crippen LogP contribution in [0.5, 0.6) is 0 Å². The first-order valence-electron chi connectivity index (χ1n) is 4.88. The van der Waals surface area contributed by atoms with Crippen LogP contribution in [0, 0.1) is 5.82 Å². The predicted molar refractivity (Wildman–Crippen MR) is 63.6 cm³/mol. The smallest absolute Gasteiger partial charge is 0.169 e. The fourth-order valence-electron chi connectivity index (χ4n) is 1.27. The second-order valence-corrected chi connectivity index (χ2v) is 4.04. The molecule has 0 atom stereocenters. The summed E-state index contributed by atoms with van der Waals surface area (Å²) in [5.74, 6) is -0.255. The van der Waals surface area contributed by atoms with Crippen molar-refractivity contribution in [3.63, 3.8) is 0 Å². The van der Waals surface area contributed by atoms with Crippen molar-refractivity contribution in [1.29, 1.82) is 0 Å². The van der Waals surface area contributed by atoms with Crippen LogP contribution in [0.2, 0.25) is 0 Å². The van der Waals surface area contributed by atoms with Gasteiger partial charge in [0.15, 0.2) is 6.29 Å². The van der Waals surface area contributed by atoms with Gasteiger partial charge in [-0.2, -0.15) is 0 Å². The van der Waals surface area contributed by atoms with Gasteiger partial charge in [0.2, 0.25) is 0 Å². The van der Waals surface area contributed by atoms with Crippen molar-refractivity contribution >= 4 is 15.9 Å². The van der Waals surface area contributed by atoms with Crippen molar-refractivity contribution in [2.24, 2.45) is 0 Å². The molecule has 3 nitrogen and oxygen atoms in total. The van der Waals surface area contributed by atoms with Crippen LogP contribution in [0.3, 0.4) is 0 Å². The third kappa shape index (κ3) is 3.83. The van der Waals surface area contributed by atoms with Gasteiger partial charge in [0, 0.05) is 27.3 Å². The highest BCUT2D eigenvalue weighted by atomic mass is 79.9. The van der Waals surface area contributed by atoms with Crippen LogP contribution in [0.1, 0.15) is 5.56 Å². The van der Waals surface area contributed by atoms with Crippen LogP contribution in [0.4, 0.5) is 4.39 Å². The summed E-state index contributed by atoms with van der Waals surface area (Å²) in [7, 11) is 3.15. The lowest BCUT2D eigenvalue weighted by Crippen LogP contribution is -2.29. The lowest BCUT2D eigenvalue weighted by atomic mass is 10.2. The third-order valence-electron chi connectivity index (χ3n) is 2.18. The fourth-order valence-corrected chi connectivity index (χ4v) is 1.68. The quantitative estimate of drug-likeness (QED) is 0.816. The topological polar surface area (TPSA) is 30.5 Å². The normalized spacial score (nSPS) is 11.1. The SMILES string of the molecule is COC(CNCc1cccc(F)c1Br)OC. The Hall–Kier alpha value is -0.490. The van der Waals surface area contributed by atoms with Gasteiger partial charge in [0.05, 0.1) is 4.47 Å². The summed E-state index contributed by atoms with van der Waals surface area (Å²) in [4.78, 5) is 0. The van der Waals surface area contributed by atoms with Crippen molar-refractivity contribution in [2.45, 2.75) is 12.8 Å². The van der Waals surface area contributed by atoms with E-state index in [2.05, 4.69) is 21.2 Å². The molecule has 0 saturated carbocycles. The fraction of sp³-hybridized carbons (Fsp3) is 0.455. The molecule has 0 aliphatic carbocycles. The molecule has 0 aliphatic rings.